The molecule has 0 aliphatic carbocycles. The van der Waals surface area contributed by atoms with E-state index in [1.54, 1.807) is 43.6 Å². The topological polar surface area (TPSA) is 92.7 Å². The molecule has 1 aromatic heterocycles. The fourth-order valence-corrected chi connectivity index (χ4v) is 2.01. The normalized spacial score (nSPS) is 10.9. The number of rotatable bonds is 7. The first-order valence-corrected chi connectivity index (χ1v) is 7.71. The molecule has 2 amide bonds. The molecule has 0 radical (unpaired) electrons. The van der Waals surface area contributed by atoms with E-state index in [1.165, 1.54) is 7.11 Å². The summed E-state index contributed by atoms with van der Waals surface area (Å²) in [6.07, 6.45) is 3.46. The maximum atomic E-state index is 12.0. The summed E-state index contributed by atoms with van der Waals surface area (Å²) in [6.45, 7) is 2.08. The number of hydrogen-bond acceptors (Lipinski definition) is 5. The van der Waals surface area contributed by atoms with Gasteiger partial charge in [-0.15, -0.1) is 0 Å². The number of benzene rings is 1. The minimum atomic E-state index is -0.367. The number of carbonyl (C=O) groups excluding carboxylic acids is 2. The Morgan fingerprint density at radius 2 is 2.08 bits per heavy atom. The first-order chi connectivity index (χ1) is 12.1. The molecule has 0 unspecified atom stereocenters. The Bertz CT molecular complexity index is 760. The van der Waals surface area contributed by atoms with E-state index < -0.39 is 0 Å². The maximum absolute atomic E-state index is 12.0. The second-order valence-electron chi connectivity index (χ2n) is 5.33. The molecular weight excluding hydrogens is 320 g/mol. The largest absolute Gasteiger partial charge is 0.497 e. The van der Waals surface area contributed by atoms with E-state index in [1.807, 2.05) is 12.1 Å². The van der Waals surface area contributed by atoms with Crippen molar-refractivity contribution >= 4 is 17.5 Å². The van der Waals surface area contributed by atoms with E-state index in [-0.39, 0.29) is 18.2 Å². The highest BCUT2D eigenvalue weighted by atomic mass is 16.5. The van der Waals surface area contributed by atoms with E-state index in [9.17, 15) is 9.59 Å². The molecule has 0 aliphatic heterocycles. The van der Waals surface area contributed by atoms with Crippen molar-refractivity contribution in [1.82, 2.24) is 15.7 Å². The zero-order valence-corrected chi connectivity index (χ0v) is 14.2. The molecule has 7 heteroatoms. The fraction of sp³-hybridized carbons (Fsp3) is 0.222. The zero-order chi connectivity index (χ0) is 18.1. The third-order valence-electron chi connectivity index (χ3n) is 3.31. The fourth-order valence-electron chi connectivity index (χ4n) is 2.01. The van der Waals surface area contributed by atoms with Crippen molar-refractivity contribution in [2.24, 2.45) is 5.10 Å². The van der Waals surface area contributed by atoms with Crippen LogP contribution in [0.5, 0.6) is 5.75 Å². The van der Waals surface area contributed by atoms with Crippen LogP contribution < -0.4 is 15.5 Å². The highest BCUT2D eigenvalue weighted by Gasteiger charge is 2.07. The second-order valence-corrected chi connectivity index (χ2v) is 5.33. The number of amides is 2. The molecule has 0 fully saturated rings. The number of methoxy groups -OCH3 is 1. The van der Waals surface area contributed by atoms with Crippen LogP contribution in [0.4, 0.5) is 0 Å². The third kappa shape index (κ3) is 6.06. The molecule has 0 spiro atoms. The number of pyridine rings is 1. The van der Waals surface area contributed by atoms with Crippen LogP contribution in [0.2, 0.25) is 0 Å². The van der Waals surface area contributed by atoms with Gasteiger partial charge in [0.05, 0.1) is 13.5 Å². The van der Waals surface area contributed by atoms with Crippen LogP contribution in [0.3, 0.4) is 0 Å². The lowest BCUT2D eigenvalue weighted by molar-refractivity contribution is -0.120. The van der Waals surface area contributed by atoms with E-state index in [4.69, 9.17) is 4.74 Å². The maximum Gasteiger partial charge on any atom is 0.271 e. The van der Waals surface area contributed by atoms with Crippen molar-refractivity contribution < 1.29 is 14.3 Å². The Hall–Kier alpha value is -3.22. The summed E-state index contributed by atoms with van der Waals surface area (Å²) in [5.74, 6) is 0.0397. The van der Waals surface area contributed by atoms with Crippen molar-refractivity contribution in [3.63, 3.8) is 0 Å². The van der Waals surface area contributed by atoms with Crippen LogP contribution in [0.25, 0.3) is 0 Å². The van der Waals surface area contributed by atoms with Crippen LogP contribution in [0.1, 0.15) is 29.3 Å². The minimum Gasteiger partial charge on any atom is -0.497 e. The molecule has 0 saturated heterocycles. The molecule has 0 atom stereocenters. The molecule has 7 nitrogen and oxygen atoms in total. The predicted octanol–water partition coefficient (Wildman–Crippen LogP) is 1.90. The quantitative estimate of drug-likeness (QED) is 0.595. The summed E-state index contributed by atoms with van der Waals surface area (Å²) < 4.78 is 5.07. The molecule has 2 N–H and O–H groups in total. The summed E-state index contributed by atoms with van der Waals surface area (Å²) in [6, 6.07) is 10.4. The Morgan fingerprint density at radius 3 is 2.80 bits per heavy atom. The summed E-state index contributed by atoms with van der Waals surface area (Å²) in [5.41, 5.74) is 4.27. The number of nitrogens with one attached hydrogen (secondary N) is 2. The van der Waals surface area contributed by atoms with Gasteiger partial charge in [0.1, 0.15) is 5.75 Å². The molecule has 25 heavy (non-hydrogen) atoms. The summed E-state index contributed by atoms with van der Waals surface area (Å²) >= 11 is 0. The molecule has 1 aromatic carbocycles. The minimum absolute atomic E-state index is 0.0959. The van der Waals surface area contributed by atoms with Crippen LogP contribution in [0.15, 0.2) is 53.9 Å². The lowest BCUT2D eigenvalue weighted by Gasteiger charge is -2.06. The van der Waals surface area contributed by atoms with Gasteiger partial charge in [-0.05, 0) is 36.8 Å². The van der Waals surface area contributed by atoms with Crippen molar-refractivity contribution in [3.8, 4) is 5.75 Å². The van der Waals surface area contributed by atoms with Crippen LogP contribution in [-0.2, 0) is 11.3 Å². The van der Waals surface area contributed by atoms with Gasteiger partial charge in [0.25, 0.3) is 5.91 Å². The van der Waals surface area contributed by atoms with Crippen LogP contribution >= 0.6 is 0 Å². The van der Waals surface area contributed by atoms with Crippen molar-refractivity contribution in [2.45, 2.75) is 19.9 Å². The van der Waals surface area contributed by atoms with E-state index in [2.05, 4.69) is 20.8 Å². The molecule has 0 aliphatic rings. The van der Waals surface area contributed by atoms with Gasteiger partial charge >= 0.3 is 0 Å². The van der Waals surface area contributed by atoms with Gasteiger partial charge in [0, 0.05) is 30.2 Å². The Balaban J connectivity index is 1.82. The smallest absolute Gasteiger partial charge is 0.271 e. The number of ether oxygens (including phenoxy) is 1. The van der Waals surface area contributed by atoms with Crippen molar-refractivity contribution in [3.05, 3.63) is 59.9 Å². The summed E-state index contributed by atoms with van der Waals surface area (Å²) in [5, 5.41) is 6.73. The average molecular weight is 340 g/mol. The lowest BCUT2D eigenvalue weighted by atomic mass is 10.2. The van der Waals surface area contributed by atoms with Crippen molar-refractivity contribution in [2.75, 3.05) is 7.11 Å². The van der Waals surface area contributed by atoms with E-state index in [0.717, 1.165) is 5.56 Å². The number of aromatic nitrogens is 1. The van der Waals surface area contributed by atoms with Gasteiger partial charge in [0.2, 0.25) is 5.91 Å². The third-order valence-corrected chi connectivity index (χ3v) is 3.31. The average Bonchev–Trinajstić information content (AvgIpc) is 2.65. The van der Waals surface area contributed by atoms with E-state index >= 15 is 0 Å². The van der Waals surface area contributed by atoms with Gasteiger partial charge in [0.15, 0.2) is 0 Å². The summed E-state index contributed by atoms with van der Waals surface area (Å²) in [4.78, 5) is 27.9. The number of nitrogens with zero attached hydrogens (tertiary/aromatic N) is 2. The van der Waals surface area contributed by atoms with Gasteiger partial charge in [-0.3, -0.25) is 14.6 Å². The Labute approximate surface area is 146 Å². The molecule has 0 bridgehead atoms. The van der Waals surface area contributed by atoms with Gasteiger partial charge in [-0.1, -0.05) is 12.1 Å². The highest BCUT2D eigenvalue weighted by molar-refractivity contribution is 6.01. The van der Waals surface area contributed by atoms with Gasteiger partial charge in [-0.2, -0.15) is 5.10 Å². The Morgan fingerprint density at radius 1 is 1.24 bits per heavy atom. The second kappa shape index (κ2) is 9.17. The molecule has 1 heterocycles. The van der Waals surface area contributed by atoms with Gasteiger partial charge < -0.3 is 10.1 Å². The predicted molar refractivity (Wildman–Crippen MR) is 94.3 cm³/mol. The Kier molecular flexibility index (Phi) is 6.65. The number of hydrazone groups is 1. The van der Waals surface area contributed by atoms with E-state index in [0.29, 0.717) is 23.6 Å². The first-order valence-electron chi connectivity index (χ1n) is 7.71. The molecular formula is C18H20N4O3. The number of carbonyl (C=O) groups is 2. The zero-order valence-electron chi connectivity index (χ0n) is 14.2. The molecule has 130 valence electrons. The lowest BCUT2D eigenvalue weighted by Crippen LogP contribution is -2.26. The van der Waals surface area contributed by atoms with Gasteiger partial charge in [-0.25, -0.2) is 5.43 Å². The molecule has 2 rings (SSSR count). The SMILES string of the molecule is COc1cccc(C(=O)N/N=C(\C)CC(=O)NCc2cccnc2)c1. The summed E-state index contributed by atoms with van der Waals surface area (Å²) in [7, 11) is 1.53. The number of hydrogen-bond donors (Lipinski definition) is 2. The van der Waals surface area contributed by atoms with Crippen LogP contribution in [0, 0.1) is 0 Å². The first kappa shape index (κ1) is 18.1. The highest BCUT2D eigenvalue weighted by Crippen LogP contribution is 2.12. The monoisotopic (exact) mass is 340 g/mol. The molecule has 2 aromatic rings. The standard InChI is InChI=1S/C18H20N4O3/c1-13(9-17(23)20-12-14-5-4-8-19-11-14)21-22-18(24)15-6-3-7-16(10-15)25-2/h3-8,10-11H,9,12H2,1-2H3,(H,20,23)(H,22,24)/b21-13+. The molecule has 0 saturated carbocycles. The van der Waals surface area contributed by atoms with Crippen molar-refractivity contribution in [1.29, 1.82) is 0 Å². The van der Waals surface area contributed by atoms with Crippen LogP contribution in [-0.4, -0.2) is 29.6 Å².